The number of carbonyl (C=O) groups excluding carboxylic acids is 1. The number of hydrogen-bond acceptors (Lipinski definition) is 2. The van der Waals surface area contributed by atoms with Gasteiger partial charge in [-0.2, -0.15) is 0 Å². The van der Waals surface area contributed by atoms with Gasteiger partial charge in [-0.1, -0.05) is 38.3 Å². The van der Waals surface area contributed by atoms with Crippen molar-refractivity contribution in [3.05, 3.63) is 11.6 Å². The van der Waals surface area contributed by atoms with Gasteiger partial charge in [-0.25, -0.2) is 0 Å². The molecular weight excluding hydrogens is 236 g/mol. The van der Waals surface area contributed by atoms with Crippen LogP contribution in [0.3, 0.4) is 0 Å². The van der Waals surface area contributed by atoms with Crippen molar-refractivity contribution in [2.24, 2.45) is 0 Å². The minimum Gasteiger partial charge on any atom is -0.353 e. The lowest BCUT2D eigenvalue weighted by Gasteiger charge is -2.24. The Balaban J connectivity index is 2.36. The third kappa shape index (κ3) is 7.36. The van der Waals surface area contributed by atoms with Crippen LogP contribution in [0.1, 0.15) is 65.2 Å². The SMILES string of the molecule is CCCC=C(CCCC)CC(=O)NC1CCNCC1. The maximum Gasteiger partial charge on any atom is 0.224 e. The molecular formula is C16H30N2O. The normalized spacial score (nSPS) is 17.5. The van der Waals surface area contributed by atoms with Gasteiger partial charge in [-0.05, 0) is 45.2 Å². The monoisotopic (exact) mass is 266 g/mol. The van der Waals surface area contributed by atoms with Gasteiger partial charge in [0.25, 0.3) is 0 Å². The van der Waals surface area contributed by atoms with Crippen LogP contribution in [0.2, 0.25) is 0 Å². The smallest absolute Gasteiger partial charge is 0.224 e. The molecule has 1 heterocycles. The Hall–Kier alpha value is -0.830. The first-order valence-corrected chi connectivity index (χ1v) is 7.94. The van der Waals surface area contributed by atoms with Crippen molar-refractivity contribution < 1.29 is 4.79 Å². The Bertz CT molecular complexity index is 280. The minimum absolute atomic E-state index is 0.213. The number of allylic oxidation sites excluding steroid dienone is 1. The molecule has 1 aliphatic heterocycles. The molecule has 0 aromatic carbocycles. The van der Waals surface area contributed by atoms with Crippen molar-refractivity contribution >= 4 is 5.91 Å². The zero-order chi connectivity index (χ0) is 13.9. The van der Waals surface area contributed by atoms with E-state index in [1.807, 2.05) is 0 Å². The summed E-state index contributed by atoms with van der Waals surface area (Å²) in [5, 5.41) is 6.50. The number of nitrogens with one attached hydrogen (secondary N) is 2. The second-order valence-corrected chi connectivity index (χ2v) is 5.52. The van der Waals surface area contributed by atoms with Crippen molar-refractivity contribution in [1.82, 2.24) is 10.6 Å². The van der Waals surface area contributed by atoms with Crippen molar-refractivity contribution in [2.45, 2.75) is 71.3 Å². The topological polar surface area (TPSA) is 41.1 Å². The standard InChI is InChI=1S/C16H30N2O/c1-3-5-7-14(8-6-4-2)13-16(19)18-15-9-11-17-12-10-15/h7,15,17H,3-6,8-13H2,1-2H3,(H,18,19). The quantitative estimate of drug-likeness (QED) is 0.663. The molecule has 0 spiro atoms. The Morgan fingerprint density at radius 3 is 2.63 bits per heavy atom. The highest BCUT2D eigenvalue weighted by molar-refractivity contribution is 5.78. The number of piperidine rings is 1. The van der Waals surface area contributed by atoms with E-state index in [0.717, 1.165) is 45.2 Å². The Kier molecular flexibility index (Phi) is 8.55. The Morgan fingerprint density at radius 2 is 2.00 bits per heavy atom. The van der Waals surface area contributed by atoms with Crippen LogP contribution in [0.15, 0.2) is 11.6 Å². The third-order valence-corrected chi connectivity index (χ3v) is 3.67. The van der Waals surface area contributed by atoms with Gasteiger partial charge < -0.3 is 10.6 Å². The number of hydrogen-bond donors (Lipinski definition) is 2. The molecule has 0 aromatic heterocycles. The number of amides is 1. The first-order chi connectivity index (χ1) is 9.26. The van der Waals surface area contributed by atoms with Crippen LogP contribution < -0.4 is 10.6 Å². The summed E-state index contributed by atoms with van der Waals surface area (Å²) in [6.07, 6.45) is 10.7. The molecule has 0 saturated carbocycles. The van der Waals surface area contributed by atoms with E-state index in [-0.39, 0.29) is 5.91 Å². The lowest BCUT2D eigenvalue weighted by Crippen LogP contribution is -2.42. The van der Waals surface area contributed by atoms with E-state index < -0.39 is 0 Å². The first kappa shape index (κ1) is 16.2. The van der Waals surface area contributed by atoms with Crippen LogP contribution in [0, 0.1) is 0 Å². The summed E-state index contributed by atoms with van der Waals surface area (Å²) < 4.78 is 0. The van der Waals surface area contributed by atoms with Crippen molar-refractivity contribution in [3.63, 3.8) is 0 Å². The molecule has 1 rings (SSSR count). The van der Waals surface area contributed by atoms with E-state index in [0.29, 0.717) is 12.5 Å². The maximum absolute atomic E-state index is 12.1. The second-order valence-electron chi connectivity index (χ2n) is 5.52. The van der Waals surface area contributed by atoms with Crippen molar-refractivity contribution in [2.75, 3.05) is 13.1 Å². The van der Waals surface area contributed by atoms with E-state index in [4.69, 9.17) is 0 Å². The number of carbonyl (C=O) groups is 1. The largest absolute Gasteiger partial charge is 0.353 e. The van der Waals surface area contributed by atoms with E-state index in [2.05, 4.69) is 30.6 Å². The fourth-order valence-electron chi connectivity index (χ4n) is 2.47. The van der Waals surface area contributed by atoms with Crippen LogP contribution in [-0.4, -0.2) is 25.0 Å². The van der Waals surface area contributed by atoms with Crippen LogP contribution in [0.4, 0.5) is 0 Å². The molecule has 0 aliphatic carbocycles. The summed E-state index contributed by atoms with van der Waals surface area (Å²) in [6.45, 7) is 6.44. The van der Waals surface area contributed by atoms with E-state index in [1.54, 1.807) is 0 Å². The zero-order valence-electron chi connectivity index (χ0n) is 12.6. The molecule has 1 fully saturated rings. The van der Waals surface area contributed by atoms with Crippen molar-refractivity contribution in [3.8, 4) is 0 Å². The summed E-state index contributed by atoms with van der Waals surface area (Å²) in [5.41, 5.74) is 1.33. The summed E-state index contributed by atoms with van der Waals surface area (Å²) >= 11 is 0. The predicted molar refractivity (Wildman–Crippen MR) is 81.2 cm³/mol. The van der Waals surface area contributed by atoms with Gasteiger partial charge in [0.15, 0.2) is 0 Å². The van der Waals surface area contributed by atoms with Crippen molar-refractivity contribution in [1.29, 1.82) is 0 Å². The third-order valence-electron chi connectivity index (χ3n) is 3.67. The summed E-state index contributed by atoms with van der Waals surface area (Å²) in [5.74, 6) is 0.213. The number of unbranched alkanes of at least 4 members (excludes halogenated alkanes) is 2. The van der Waals surface area contributed by atoms with Gasteiger partial charge in [-0.15, -0.1) is 0 Å². The molecule has 0 radical (unpaired) electrons. The maximum atomic E-state index is 12.1. The minimum atomic E-state index is 0.213. The highest BCUT2D eigenvalue weighted by Gasteiger charge is 2.15. The van der Waals surface area contributed by atoms with Gasteiger partial charge >= 0.3 is 0 Å². The summed E-state index contributed by atoms with van der Waals surface area (Å²) in [4.78, 5) is 12.1. The predicted octanol–water partition coefficient (Wildman–Crippen LogP) is 3.16. The Labute approximate surface area is 118 Å². The van der Waals surface area contributed by atoms with Gasteiger partial charge in [0, 0.05) is 12.5 Å². The molecule has 3 nitrogen and oxygen atoms in total. The van der Waals surface area contributed by atoms with Gasteiger partial charge in [0.1, 0.15) is 0 Å². The zero-order valence-corrected chi connectivity index (χ0v) is 12.6. The van der Waals surface area contributed by atoms with Crippen LogP contribution >= 0.6 is 0 Å². The molecule has 0 aromatic rings. The second kappa shape index (κ2) is 10.0. The molecule has 3 heteroatoms. The van der Waals surface area contributed by atoms with Crippen LogP contribution in [-0.2, 0) is 4.79 Å². The number of rotatable bonds is 8. The lowest BCUT2D eigenvalue weighted by molar-refractivity contribution is -0.121. The first-order valence-electron chi connectivity index (χ1n) is 7.94. The molecule has 1 saturated heterocycles. The molecule has 110 valence electrons. The fraction of sp³-hybridized carbons (Fsp3) is 0.812. The molecule has 0 atom stereocenters. The highest BCUT2D eigenvalue weighted by Crippen LogP contribution is 2.14. The van der Waals surface area contributed by atoms with Crippen LogP contribution in [0.5, 0.6) is 0 Å². The van der Waals surface area contributed by atoms with E-state index >= 15 is 0 Å². The molecule has 19 heavy (non-hydrogen) atoms. The van der Waals surface area contributed by atoms with E-state index in [1.165, 1.54) is 18.4 Å². The average molecular weight is 266 g/mol. The lowest BCUT2D eigenvalue weighted by atomic mass is 10.0. The molecule has 1 aliphatic rings. The molecule has 2 N–H and O–H groups in total. The molecule has 0 bridgehead atoms. The Morgan fingerprint density at radius 1 is 1.26 bits per heavy atom. The van der Waals surface area contributed by atoms with Gasteiger partial charge in [-0.3, -0.25) is 4.79 Å². The fourth-order valence-corrected chi connectivity index (χ4v) is 2.47. The van der Waals surface area contributed by atoms with Gasteiger partial charge in [0.05, 0.1) is 0 Å². The molecule has 1 amide bonds. The summed E-state index contributed by atoms with van der Waals surface area (Å²) in [7, 11) is 0. The highest BCUT2D eigenvalue weighted by atomic mass is 16.1. The van der Waals surface area contributed by atoms with Crippen LogP contribution in [0.25, 0.3) is 0 Å². The van der Waals surface area contributed by atoms with E-state index in [9.17, 15) is 4.79 Å². The average Bonchev–Trinajstić information content (AvgIpc) is 2.43. The van der Waals surface area contributed by atoms with Gasteiger partial charge in [0.2, 0.25) is 5.91 Å². The molecule has 0 unspecified atom stereocenters. The summed E-state index contributed by atoms with van der Waals surface area (Å²) in [6, 6.07) is 0.382.